The zero-order valence-electron chi connectivity index (χ0n) is 21.2. The molecule has 0 saturated heterocycles. The van der Waals surface area contributed by atoms with E-state index in [0.29, 0.717) is 33.4 Å². The second kappa shape index (κ2) is 11.7. The van der Waals surface area contributed by atoms with Crippen molar-refractivity contribution in [3.63, 3.8) is 0 Å². The van der Waals surface area contributed by atoms with E-state index in [0.717, 1.165) is 5.56 Å². The number of carbonyl (C=O) groups excluding carboxylic acids is 1. The summed E-state index contributed by atoms with van der Waals surface area (Å²) in [5.74, 6) is -0.902. The van der Waals surface area contributed by atoms with Gasteiger partial charge in [0.15, 0.2) is 0 Å². The van der Waals surface area contributed by atoms with Gasteiger partial charge in [-0.2, -0.15) is 4.39 Å². The Hall–Kier alpha value is -3.76. The zero-order valence-corrected chi connectivity index (χ0v) is 22.1. The van der Waals surface area contributed by atoms with Crippen LogP contribution in [0.15, 0.2) is 67.9 Å². The Morgan fingerprint density at radius 1 is 1.08 bits per heavy atom. The Kier molecular flexibility index (Phi) is 8.43. The number of hydrogen-bond donors (Lipinski definition) is 0. The Balaban J connectivity index is 1.79. The number of nitrogens with zero attached hydrogens (tertiary/aromatic N) is 5. The zero-order chi connectivity index (χ0) is 27.3. The summed E-state index contributed by atoms with van der Waals surface area (Å²) in [5.41, 5.74) is 3.75. The minimum Gasteiger partial charge on any atom is -0.310 e. The number of phosphoric ester groups is 1. The number of carbonyl (C=O) groups is 1. The lowest BCUT2D eigenvalue weighted by Crippen LogP contribution is -2.23. The Labute approximate surface area is 219 Å². The van der Waals surface area contributed by atoms with Crippen LogP contribution in [0.1, 0.15) is 13.8 Å². The fraction of sp³-hybridized carbons (Fsp3) is 0.231. The lowest BCUT2D eigenvalue weighted by atomic mass is 10.0. The molecule has 4 aromatic rings. The van der Waals surface area contributed by atoms with Crippen LogP contribution < -0.4 is 4.90 Å². The maximum absolute atomic E-state index is 14.0. The van der Waals surface area contributed by atoms with Gasteiger partial charge in [0, 0.05) is 60.0 Å². The van der Waals surface area contributed by atoms with Crippen LogP contribution in [0.4, 0.5) is 10.1 Å². The molecule has 1 amide bonds. The molecule has 10 nitrogen and oxygen atoms in total. The summed E-state index contributed by atoms with van der Waals surface area (Å²) < 4.78 is 44.5. The second-order valence-electron chi connectivity index (χ2n) is 8.05. The van der Waals surface area contributed by atoms with Gasteiger partial charge in [0.05, 0.1) is 25.1 Å². The van der Waals surface area contributed by atoms with E-state index in [9.17, 15) is 13.8 Å². The summed E-state index contributed by atoms with van der Waals surface area (Å²) in [6, 6.07) is 6.69. The van der Waals surface area contributed by atoms with Gasteiger partial charge in [-0.15, -0.1) is 0 Å². The maximum atomic E-state index is 14.0. The van der Waals surface area contributed by atoms with Gasteiger partial charge in [0.1, 0.15) is 12.4 Å². The van der Waals surface area contributed by atoms with Gasteiger partial charge in [-0.05, 0) is 43.7 Å². The third-order valence-corrected chi connectivity index (χ3v) is 7.21. The molecule has 0 fully saturated rings. The number of halogens is 1. The predicted octanol–water partition coefficient (Wildman–Crippen LogP) is 5.60. The number of rotatable bonds is 11. The van der Waals surface area contributed by atoms with Gasteiger partial charge in [-0.1, -0.05) is 6.58 Å². The SMILES string of the molecule is C=CC(=O)N(C)c1cncc(-c2cnc3c(c2)c(-c2ccnc(F)c2)cn3COP(=O)(OCC)OCC)c1. The van der Waals surface area contributed by atoms with E-state index in [1.165, 1.54) is 23.2 Å². The van der Waals surface area contributed by atoms with Crippen LogP contribution in [0, 0.1) is 5.95 Å². The summed E-state index contributed by atoms with van der Waals surface area (Å²) in [5, 5.41) is 0.681. The van der Waals surface area contributed by atoms with E-state index in [1.54, 1.807) is 56.3 Å². The topological polar surface area (TPSA) is 109 Å². The van der Waals surface area contributed by atoms with Crippen molar-refractivity contribution in [2.45, 2.75) is 20.6 Å². The van der Waals surface area contributed by atoms with Gasteiger partial charge in [-0.3, -0.25) is 23.3 Å². The molecule has 4 heterocycles. The van der Waals surface area contributed by atoms with Crippen LogP contribution in [-0.4, -0.2) is 45.7 Å². The van der Waals surface area contributed by atoms with Crippen LogP contribution in [0.3, 0.4) is 0 Å². The Morgan fingerprint density at radius 3 is 2.50 bits per heavy atom. The number of phosphoric acid groups is 1. The lowest BCUT2D eigenvalue weighted by Gasteiger charge is -2.17. The molecule has 0 bridgehead atoms. The average Bonchev–Trinajstić information content (AvgIpc) is 3.29. The van der Waals surface area contributed by atoms with E-state index in [-0.39, 0.29) is 25.9 Å². The van der Waals surface area contributed by atoms with E-state index >= 15 is 0 Å². The van der Waals surface area contributed by atoms with Crippen molar-refractivity contribution in [2.24, 2.45) is 0 Å². The molecule has 0 aromatic carbocycles. The summed E-state index contributed by atoms with van der Waals surface area (Å²) in [7, 11) is -2.15. The number of anilines is 1. The number of fused-ring (bicyclic) bond motifs is 1. The van der Waals surface area contributed by atoms with Gasteiger partial charge < -0.3 is 9.47 Å². The highest BCUT2D eigenvalue weighted by molar-refractivity contribution is 7.48. The van der Waals surface area contributed by atoms with Crippen molar-refractivity contribution in [2.75, 3.05) is 25.2 Å². The van der Waals surface area contributed by atoms with Crippen molar-refractivity contribution >= 4 is 30.5 Å². The molecule has 0 atom stereocenters. The van der Waals surface area contributed by atoms with Crippen LogP contribution >= 0.6 is 7.82 Å². The van der Waals surface area contributed by atoms with E-state index in [2.05, 4.69) is 21.5 Å². The minimum atomic E-state index is -3.78. The fourth-order valence-electron chi connectivity index (χ4n) is 3.82. The number of hydrogen-bond acceptors (Lipinski definition) is 8. The van der Waals surface area contributed by atoms with Gasteiger partial charge >= 0.3 is 7.82 Å². The van der Waals surface area contributed by atoms with Crippen molar-refractivity contribution in [3.8, 4) is 22.3 Å². The normalized spacial score (nSPS) is 11.6. The molecule has 4 rings (SSSR count). The predicted molar refractivity (Wildman–Crippen MR) is 142 cm³/mol. The van der Waals surface area contributed by atoms with Crippen LogP contribution in [0.25, 0.3) is 33.3 Å². The smallest absolute Gasteiger partial charge is 0.310 e. The van der Waals surface area contributed by atoms with E-state index in [1.807, 2.05) is 12.1 Å². The summed E-state index contributed by atoms with van der Waals surface area (Å²) in [6.07, 6.45) is 9.21. The van der Waals surface area contributed by atoms with Crippen molar-refractivity contribution in [1.82, 2.24) is 19.5 Å². The number of aromatic nitrogens is 4. The van der Waals surface area contributed by atoms with Gasteiger partial charge in [-0.25, -0.2) is 14.5 Å². The third kappa shape index (κ3) is 5.87. The third-order valence-electron chi connectivity index (χ3n) is 5.63. The summed E-state index contributed by atoms with van der Waals surface area (Å²) in [6.45, 7) is 7.01. The molecule has 198 valence electrons. The maximum Gasteiger partial charge on any atom is 0.476 e. The molecule has 0 saturated carbocycles. The van der Waals surface area contributed by atoms with Gasteiger partial charge in [0.25, 0.3) is 0 Å². The highest BCUT2D eigenvalue weighted by Crippen LogP contribution is 2.49. The number of likely N-dealkylation sites (N-methyl/N-ethyl adjacent to an activating group) is 1. The van der Waals surface area contributed by atoms with Crippen LogP contribution in [-0.2, 0) is 29.7 Å². The van der Waals surface area contributed by atoms with E-state index < -0.39 is 13.8 Å². The molecule has 0 aliphatic rings. The second-order valence-corrected chi connectivity index (χ2v) is 9.72. The number of pyridine rings is 3. The first-order chi connectivity index (χ1) is 18.3. The molecule has 0 N–H and O–H groups in total. The quantitative estimate of drug-likeness (QED) is 0.138. The highest BCUT2D eigenvalue weighted by atomic mass is 31.2. The number of amides is 1. The first kappa shape index (κ1) is 27.3. The van der Waals surface area contributed by atoms with Crippen LogP contribution in [0.2, 0.25) is 0 Å². The molecule has 0 unspecified atom stereocenters. The first-order valence-corrected chi connectivity index (χ1v) is 13.2. The molecule has 0 spiro atoms. The van der Waals surface area contributed by atoms with Crippen molar-refractivity contribution < 1.29 is 27.3 Å². The van der Waals surface area contributed by atoms with Gasteiger partial charge in [0.2, 0.25) is 11.9 Å². The molecule has 0 radical (unpaired) electrons. The Bertz CT molecular complexity index is 1520. The molecule has 38 heavy (non-hydrogen) atoms. The first-order valence-electron chi connectivity index (χ1n) is 11.8. The fourth-order valence-corrected chi connectivity index (χ4v) is 4.94. The molecule has 0 aliphatic heterocycles. The Morgan fingerprint density at radius 2 is 1.82 bits per heavy atom. The minimum absolute atomic E-state index is 0.146. The van der Waals surface area contributed by atoms with Crippen molar-refractivity contribution in [1.29, 1.82) is 0 Å². The highest BCUT2D eigenvalue weighted by Gasteiger charge is 2.26. The molecular weight excluding hydrogens is 512 g/mol. The lowest BCUT2D eigenvalue weighted by molar-refractivity contribution is -0.113. The summed E-state index contributed by atoms with van der Waals surface area (Å²) in [4.78, 5) is 26.0. The molecule has 4 aromatic heterocycles. The molecular formula is C26H27FN5O5P. The largest absolute Gasteiger partial charge is 0.476 e. The van der Waals surface area contributed by atoms with Crippen LogP contribution in [0.5, 0.6) is 0 Å². The summed E-state index contributed by atoms with van der Waals surface area (Å²) >= 11 is 0. The van der Waals surface area contributed by atoms with E-state index in [4.69, 9.17) is 13.6 Å². The molecule has 0 aliphatic carbocycles. The standard InChI is InChI=1S/C26H27FN5O5P/c1-5-25(33)31(4)21-10-19(13-28-15-21)20-11-22-23(18-8-9-29-24(27)12-18)16-32(26(22)30-14-20)17-37-38(34,35-6-2)36-7-3/h5,8-16H,1,6-7,17H2,2-4H3. The monoisotopic (exact) mass is 539 g/mol. The molecule has 12 heteroatoms. The van der Waals surface area contributed by atoms with Crippen molar-refractivity contribution in [3.05, 3.63) is 73.9 Å². The average molecular weight is 540 g/mol.